The van der Waals surface area contributed by atoms with Crippen molar-refractivity contribution in [3.63, 3.8) is 0 Å². The van der Waals surface area contributed by atoms with E-state index in [1.165, 1.54) is 5.01 Å². The molecule has 27 heavy (non-hydrogen) atoms. The topological polar surface area (TPSA) is 135 Å². The van der Waals surface area contributed by atoms with Gasteiger partial charge in [-0.2, -0.15) is 10.4 Å². The molecule has 0 fully saturated rings. The third-order valence-electron chi connectivity index (χ3n) is 4.04. The van der Waals surface area contributed by atoms with Crippen LogP contribution in [0, 0.1) is 11.3 Å². The van der Waals surface area contributed by atoms with Crippen molar-refractivity contribution in [3.05, 3.63) is 66.4 Å². The second-order valence-electron chi connectivity index (χ2n) is 5.87. The van der Waals surface area contributed by atoms with Gasteiger partial charge in [-0.1, -0.05) is 0 Å². The van der Waals surface area contributed by atoms with Crippen molar-refractivity contribution in [1.82, 2.24) is 24.6 Å². The first-order chi connectivity index (χ1) is 13.1. The molecule has 0 unspecified atom stereocenters. The zero-order valence-electron chi connectivity index (χ0n) is 14.2. The number of hydrogen-bond acceptors (Lipinski definition) is 8. The summed E-state index contributed by atoms with van der Waals surface area (Å²) in [6, 6.07) is 11.2. The lowest BCUT2D eigenvalue weighted by Crippen LogP contribution is -2.32. The molecular formula is C18H15N9. The van der Waals surface area contributed by atoms with Crippen LogP contribution in [0.4, 0.5) is 11.6 Å². The maximum atomic E-state index is 8.86. The van der Waals surface area contributed by atoms with Crippen molar-refractivity contribution in [2.75, 3.05) is 10.7 Å². The molecule has 0 radical (unpaired) electrons. The molecule has 0 aromatic carbocycles. The van der Waals surface area contributed by atoms with Crippen molar-refractivity contribution in [2.24, 2.45) is 5.84 Å². The molecule has 4 heterocycles. The summed E-state index contributed by atoms with van der Waals surface area (Å²) in [5.74, 6) is 6.81. The molecule has 0 saturated carbocycles. The van der Waals surface area contributed by atoms with Crippen molar-refractivity contribution >= 4 is 17.2 Å². The molecule has 9 heteroatoms. The number of hydrogen-bond donors (Lipinski definition) is 2. The van der Waals surface area contributed by atoms with Crippen LogP contribution in [0.2, 0.25) is 0 Å². The second kappa shape index (κ2) is 6.70. The molecule has 4 aromatic rings. The Balaban J connectivity index is 1.62. The molecule has 0 atom stereocenters. The summed E-state index contributed by atoms with van der Waals surface area (Å²) in [6.07, 6.45) is 6.72. The zero-order chi connectivity index (χ0) is 18.8. The van der Waals surface area contributed by atoms with Crippen molar-refractivity contribution in [2.45, 2.75) is 6.54 Å². The van der Waals surface area contributed by atoms with Gasteiger partial charge in [-0.3, -0.25) is 5.01 Å². The minimum Gasteiger partial charge on any atom is -0.381 e. The number of nitriles is 1. The Bertz CT molecular complexity index is 1140. The summed E-state index contributed by atoms with van der Waals surface area (Å²) < 4.78 is 1.77. The van der Waals surface area contributed by atoms with E-state index in [1.807, 2.05) is 30.5 Å². The lowest BCUT2D eigenvalue weighted by molar-refractivity contribution is 0.826. The lowest BCUT2D eigenvalue weighted by atomic mass is 10.2. The van der Waals surface area contributed by atoms with Crippen LogP contribution >= 0.6 is 0 Å². The zero-order valence-corrected chi connectivity index (χ0v) is 14.2. The number of rotatable bonds is 4. The minimum atomic E-state index is 0.230. The maximum absolute atomic E-state index is 8.86. The average Bonchev–Trinajstić information content (AvgIpc) is 3.16. The summed E-state index contributed by atoms with van der Waals surface area (Å²) in [4.78, 5) is 12.8. The van der Waals surface area contributed by atoms with E-state index in [2.05, 4.69) is 20.1 Å². The highest BCUT2D eigenvalue weighted by Crippen LogP contribution is 2.23. The normalized spacial score (nSPS) is 10.7. The van der Waals surface area contributed by atoms with E-state index in [-0.39, 0.29) is 5.82 Å². The van der Waals surface area contributed by atoms with Crippen molar-refractivity contribution in [3.8, 4) is 17.3 Å². The molecule has 0 saturated heterocycles. The van der Waals surface area contributed by atoms with Gasteiger partial charge in [0.1, 0.15) is 11.8 Å². The van der Waals surface area contributed by atoms with Crippen LogP contribution in [0.5, 0.6) is 0 Å². The summed E-state index contributed by atoms with van der Waals surface area (Å²) in [5, 5.41) is 14.5. The molecule has 4 aromatic heterocycles. The summed E-state index contributed by atoms with van der Waals surface area (Å²) in [6.45, 7) is 0.398. The van der Waals surface area contributed by atoms with Gasteiger partial charge in [-0.15, -0.1) is 0 Å². The highest BCUT2D eigenvalue weighted by Gasteiger charge is 2.13. The number of fused-ring (bicyclic) bond motifs is 1. The van der Waals surface area contributed by atoms with E-state index in [4.69, 9.17) is 16.8 Å². The Morgan fingerprint density at radius 2 is 2.04 bits per heavy atom. The molecule has 0 spiro atoms. The fourth-order valence-electron chi connectivity index (χ4n) is 2.69. The minimum absolute atomic E-state index is 0.230. The van der Waals surface area contributed by atoms with E-state index in [0.29, 0.717) is 23.8 Å². The number of nitrogens with zero attached hydrogens (tertiary/aromatic N) is 7. The standard InChI is InChI=1S/C18H15N9/c19-8-14-2-1-13(9-22-14)16-10-23-17(20)18(25-16)26(21)11-12-4-6-27-15(7-12)3-5-24-27/h1-7,9-10H,11,21H2,(H2,20,23). The smallest absolute Gasteiger partial charge is 0.186 e. The molecular weight excluding hydrogens is 342 g/mol. The molecule has 4 N–H and O–H groups in total. The molecule has 0 aliphatic heterocycles. The molecule has 132 valence electrons. The van der Waals surface area contributed by atoms with E-state index in [1.54, 1.807) is 35.2 Å². The first-order valence-corrected chi connectivity index (χ1v) is 8.07. The highest BCUT2D eigenvalue weighted by atomic mass is 15.4. The van der Waals surface area contributed by atoms with E-state index >= 15 is 0 Å². The third-order valence-corrected chi connectivity index (χ3v) is 4.04. The van der Waals surface area contributed by atoms with Gasteiger partial charge in [0.15, 0.2) is 11.6 Å². The Morgan fingerprint density at radius 1 is 1.15 bits per heavy atom. The molecule has 0 aliphatic carbocycles. The van der Waals surface area contributed by atoms with Crippen LogP contribution < -0.4 is 16.6 Å². The van der Waals surface area contributed by atoms with Gasteiger partial charge in [0.2, 0.25) is 0 Å². The highest BCUT2D eigenvalue weighted by molar-refractivity contribution is 5.65. The molecule has 0 aliphatic rings. The predicted octanol–water partition coefficient (Wildman–Crippen LogP) is 1.52. The lowest BCUT2D eigenvalue weighted by Gasteiger charge is -2.19. The second-order valence-corrected chi connectivity index (χ2v) is 5.87. The van der Waals surface area contributed by atoms with Gasteiger partial charge in [0.25, 0.3) is 0 Å². The molecule has 0 bridgehead atoms. The van der Waals surface area contributed by atoms with Crippen LogP contribution in [0.1, 0.15) is 11.3 Å². The molecule has 0 amide bonds. The van der Waals surface area contributed by atoms with E-state index in [9.17, 15) is 0 Å². The maximum Gasteiger partial charge on any atom is 0.186 e. The van der Waals surface area contributed by atoms with E-state index < -0.39 is 0 Å². The predicted molar refractivity (Wildman–Crippen MR) is 100.0 cm³/mol. The van der Waals surface area contributed by atoms with Crippen LogP contribution in [-0.2, 0) is 6.54 Å². The monoisotopic (exact) mass is 357 g/mol. The summed E-state index contributed by atoms with van der Waals surface area (Å²) in [5.41, 5.74) is 9.55. The number of aromatic nitrogens is 5. The summed E-state index contributed by atoms with van der Waals surface area (Å²) in [7, 11) is 0. The first kappa shape index (κ1) is 16.4. The van der Waals surface area contributed by atoms with Gasteiger partial charge in [0, 0.05) is 24.2 Å². The third kappa shape index (κ3) is 3.24. The van der Waals surface area contributed by atoms with Gasteiger partial charge in [-0.05, 0) is 35.9 Å². The Morgan fingerprint density at radius 3 is 2.81 bits per heavy atom. The Labute approximate surface area is 154 Å². The fourth-order valence-corrected chi connectivity index (χ4v) is 2.69. The van der Waals surface area contributed by atoms with Gasteiger partial charge in [0.05, 0.1) is 24.0 Å². The molecule has 4 rings (SSSR count). The van der Waals surface area contributed by atoms with Gasteiger partial charge in [-0.25, -0.2) is 25.3 Å². The number of pyridine rings is 2. The molecule has 9 nitrogen and oxygen atoms in total. The van der Waals surface area contributed by atoms with Crippen LogP contribution in [0.25, 0.3) is 16.8 Å². The van der Waals surface area contributed by atoms with Crippen molar-refractivity contribution < 1.29 is 0 Å². The quantitative estimate of drug-likeness (QED) is 0.414. The van der Waals surface area contributed by atoms with E-state index in [0.717, 1.165) is 16.6 Å². The Hall–Kier alpha value is -4.03. The largest absolute Gasteiger partial charge is 0.381 e. The van der Waals surface area contributed by atoms with Crippen LogP contribution in [-0.4, -0.2) is 24.6 Å². The summed E-state index contributed by atoms with van der Waals surface area (Å²) >= 11 is 0. The van der Waals surface area contributed by atoms with Gasteiger partial charge >= 0.3 is 0 Å². The fraction of sp³-hybridized carbons (Fsp3) is 0.0556. The average molecular weight is 357 g/mol. The number of nitrogens with two attached hydrogens (primary N) is 2. The van der Waals surface area contributed by atoms with Crippen LogP contribution in [0.15, 0.2) is 55.1 Å². The van der Waals surface area contributed by atoms with Crippen LogP contribution in [0.3, 0.4) is 0 Å². The SMILES string of the molecule is N#Cc1ccc(-c2cnc(N)c(N(N)Cc3ccn4nccc4c3)n2)cn1. The number of hydrazine groups is 1. The van der Waals surface area contributed by atoms with Crippen molar-refractivity contribution in [1.29, 1.82) is 5.26 Å². The number of nitrogen functional groups attached to an aromatic ring is 1. The first-order valence-electron chi connectivity index (χ1n) is 8.07. The number of anilines is 2. The Kier molecular flexibility index (Phi) is 4.08. The van der Waals surface area contributed by atoms with Gasteiger partial charge < -0.3 is 5.73 Å².